The second-order valence-electron chi connectivity index (χ2n) is 5.68. The molecule has 1 aliphatic carbocycles. The SMILES string of the molecule is c1ccc(OCCN2CCOC3(CCCC3)C2)cc1. The third-order valence-corrected chi connectivity index (χ3v) is 4.26. The van der Waals surface area contributed by atoms with E-state index in [0.29, 0.717) is 0 Å². The number of hydrogen-bond donors (Lipinski definition) is 0. The average Bonchev–Trinajstić information content (AvgIpc) is 2.88. The van der Waals surface area contributed by atoms with Gasteiger partial charge in [-0.25, -0.2) is 0 Å². The number of morpholine rings is 1. The molecule has 3 heteroatoms. The van der Waals surface area contributed by atoms with Gasteiger partial charge in [0.25, 0.3) is 0 Å². The molecule has 1 aliphatic heterocycles. The van der Waals surface area contributed by atoms with Crippen molar-refractivity contribution in [3.63, 3.8) is 0 Å². The second-order valence-corrected chi connectivity index (χ2v) is 5.68. The lowest BCUT2D eigenvalue weighted by Crippen LogP contribution is -2.51. The fourth-order valence-electron chi connectivity index (χ4n) is 3.25. The highest BCUT2D eigenvalue weighted by atomic mass is 16.5. The fraction of sp³-hybridized carbons (Fsp3) is 0.625. The van der Waals surface area contributed by atoms with E-state index in [1.165, 1.54) is 25.7 Å². The third kappa shape index (κ3) is 3.28. The summed E-state index contributed by atoms with van der Waals surface area (Å²) in [6.07, 6.45) is 5.13. The molecule has 1 aromatic rings. The Morgan fingerprint density at radius 2 is 1.95 bits per heavy atom. The van der Waals surface area contributed by atoms with Gasteiger partial charge in [0.2, 0.25) is 0 Å². The molecule has 0 N–H and O–H groups in total. The van der Waals surface area contributed by atoms with Crippen molar-refractivity contribution in [3.8, 4) is 5.75 Å². The van der Waals surface area contributed by atoms with E-state index in [-0.39, 0.29) is 5.60 Å². The van der Waals surface area contributed by atoms with Crippen molar-refractivity contribution in [2.75, 3.05) is 32.8 Å². The van der Waals surface area contributed by atoms with Crippen LogP contribution in [0.3, 0.4) is 0 Å². The minimum atomic E-state index is 0.172. The molecule has 2 fully saturated rings. The van der Waals surface area contributed by atoms with Crippen molar-refractivity contribution in [1.82, 2.24) is 4.90 Å². The van der Waals surface area contributed by atoms with Gasteiger partial charge < -0.3 is 9.47 Å². The van der Waals surface area contributed by atoms with E-state index in [1.807, 2.05) is 30.3 Å². The monoisotopic (exact) mass is 261 g/mol. The van der Waals surface area contributed by atoms with Crippen LogP contribution in [0, 0.1) is 0 Å². The van der Waals surface area contributed by atoms with Crippen molar-refractivity contribution in [2.24, 2.45) is 0 Å². The van der Waals surface area contributed by atoms with Crippen LogP contribution in [0.15, 0.2) is 30.3 Å². The summed E-state index contributed by atoms with van der Waals surface area (Å²) in [7, 11) is 0. The van der Waals surface area contributed by atoms with Gasteiger partial charge in [-0.05, 0) is 25.0 Å². The minimum absolute atomic E-state index is 0.172. The molecule has 1 aromatic carbocycles. The quantitative estimate of drug-likeness (QED) is 0.832. The van der Waals surface area contributed by atoms with Crippen molar-refractivity contribution in [3.05, 3.63) is 30.3 Å². The molecule has 0 radical (unpaired) electrons. The molecule has 0 atom stereocenters. The Hall–Kier alpha value is -1.06. The van der Waals surface area contributed by atoms with E-state index in [2.05, 4.69) is 4.90 Å². The first-order chi connectivity index (χ1) is 9.36. The first kappa shape index (κ1) is 12.9. The van der Waals surface area contributed by atoms with Gasteiger partial charge in [-0.2, -0.15) is 0 Å². The van der Waals surface area contributed by atoms with Gasteiger partial charge in [-0.3, -0.25) is 4.90 Å². The van der Waals surface area contributed by atoms with Gasteiger partial charge in [0.1, 0.15) is 12.4 Å². The molecule has 1 saturated heterocycles. The molecule has 1 heterocycles. The van der Waals surface area contributed by atoms with Crippen LogP contribution >= 0.6 is 0 Å². The number of nitrogens with zero attached hydrogens (tertiary/aromatic N) is 1. The highest BCUT2D eigenvalue weighted by Crippen LogP contribution is 2.35. The Morgan fingerprint density at radius 1 is 1.16 bits per heavy atom. The molecule has 3 nitrogen and oxygen atoms in total. The van der Waals surface area contributed by atoms with Crippen molar-refractivity contribution >= 4 is 0 Å². The smallest absolute Gasteiger partial charge is 0.119 e. The average molecular weight is 261 g/mol. The summed E-state index contributed by atoms with van der Waals surface area (Å²) >= 11 is 0. The zero-order chi connectivity index (χ0) is 13.0. The van der Waals surface area contributed by atoms with E-state index in [4.69, 9.17) is 9.47 Å². The molecule has 0 amide bonds. The standard InChI is InChI=1S/C16H23NO2/c1-2-6-15(7-3-1)18-12-10-17-11-13-19-16(14-17)8-4-5-9-16/h1-3,6-7H,4-5,8-14H2. The Bertz CT molecular complexity index is 387. The molecule has 2 aliphatic rings. The number of ether oxygens (including phenoxy) is 2. The summed E-state index contributed by atoms with van der Waals surface area (Å²) in [5, 5.41) is 0. The molecule has 0 bridgehead atoms. The topological polar surface area (TPSA) is 21.7 Å². The Labute approximate surface area is 115 Å². The van der Waals surface area contributed by atoms with Gasteiger partial charge in [-0.15, -0.1) is 0 Å². The second kappa shape index (κ2) is 5.93. The van der Waals surface area contributed by atoms with Crippen molar-refractivity contribution in [1.29, 1.82) is 0 Å². The van der Waals surface area contributed by atoms with Crippen LogP contribution in [0.5, 0.6) is 5.75 Å². The van der Waals surface area contributed by atoms with Crippen LogP contribution in [0.1, 0.15) is 25.7 Å². The van der Waals surface area contributed by atoms with Crippen LogP contribution in [0.25, 0.3) is 0 Å². The molecule has 1 spiro atoms. The molecular formula is C16H23NO2. The van der Waals surface area contributed by atoms with Crippen LogP contribution in [-0.4, -0.2) is 43.3 Å². The summed E-state index contributed by atoms with van der Waals surface area (Å²) in [5.74, 6) is 0.964. The fourth-order valence-corrected chi connectivity index (χ4v) is 3.25. The maximum Gasteiger partial charge on any atom is 0.119 e. The van der Waals surface area contributed by atoms with Crippen molar-refractivity contribution in [2.45, 2.75) is 31.3 Å². The molecule has 0 unspecified atom stereocenters. The van der Waals surface area contributed by atoms with E-state index in [0.717, 1.165) is 38.6 Å². The predicted octanol–water partition coefficient (Wildman–Crippen LogP) is 2.71. The van der Waals surface area contributed by atoms with Gasteiger partial charge in [-0.1, -0.05) is 31.0 Å². The van der Waals surface area contributed by atoms with Crippen LogP contribution in [0.4, 0.5) is 0 Å². The largest absolute Gasteiger partial charge is 0.492 e. The highest BCUT2D eigenvalue weighted by Gasteiger charge is 2.38. The molecule has 0 aromatic heterocycles. The summed E-state index contributed by atoms with van der Waals surface area (Å²) in [6, 6.07) is 10.1. The summed E-state index contributed by atoms with van der Waals surface area (Å²) in [5.41, 5.74) is 0.172. The summed E-state index contributed by atoms with van der Waals surface area (Å²) in [6.45, 7) is 4.77. The first-order valence-corrected chi connectivity index (χ1v) is 7.41. The zero-order valence-corrected chi connectivity index (χ0v) is 11.5. The molecule has 1 saturated carbocycles. The number of rotatable bonds is 4. The number of benzene rings is 1. The minimum Gasteiger partial charge on any atom is -0.492 e. The van der Waals surface area contributed by atoms with E-state index in [9.17, 15) is 0 Å². The van der Waals surface area contributed by atoms with Gasteiger partial charge in [0.15, 0.2) is 0 Å². The van der Waals surface area contributed by atoms with Gasteiger partial charge in [0.05, 0.1) is 12.2 Å². The molecule has 104 valence electrons. The normalized spacial score (nSPS) is 22.7. The Balaban J connectivity index is 1.45. The van der Waals surface area contributed by atoms with Crippen LogP contribution in [-0.2, 0) is 4.74 Å². The van der Waals surface area contributed by atoms with E-state index in [1.54, 1.807) is 0 Å². The van der Waals surface area contributed by atoms with Crippen molar-refractivity contribution < 1.29 is 9.47 Å². The summed E-state index contributed by atoms with van der Waals surface area (Å²) < 4.78 is 11.8. The number of hydrogen-bond acceptors (Lipinski definition) is 3. The highest BCUT2D eigenvalue weighted by molar-refractivity contribution is 5.20. The Morgan fingerprint density at radius 3 is 2.74 bits per heavy atom. The predicted molar refractivity (Wildman–Crippen MR) is 75.5 cm³/mol. The maximum atomic E-state index is 6.04. The molecular weight excluding hydrogens is 238 g/mol. The van der Waals surface area contributed by atoms with Gasteiger partial charge >= 0.3 is 0 Å². The third-order valence-electron chi connectivity index (χ3n) is 4.26. The number of para-hydroxylation sites is 1. The molecule has 3 rings (SSSR count). The molecule has 19 heavy (non-hydrogen) atoms. The lowest BCUT2D eigenvalue weighted by molar-refractivity contribution is -0.106. The van der Waals surface area contributed by atoms with Crippen LogP contribution < -0.4 is 4.74 Å². The Kier molecular flexibility index (Phi) is 4.04. The lowest BCUT2D eigenvalue weighted by Gasteiger charge is -2.40. The van der Waals surface area contributed by atoms with E-state index >= 15 is 0 Å². The maximum absolute atomic E-state index is 6.04. The summed E-state index contributed by atoms with van der Waals surface area (Å²) in [4.78, 5) is 2.50. The van der Waals surface area contributed by atoms with E-state index < -0.39 is 0 Å². The van der Waals surface area contributed by atoms with Crippen LogP contribution in [0.2, 0.25) is 0 Å². The van der Waals surface area contributed by atoms with Gasteiger partial charge in [0, 0.05) is 19.6 Å². The first-order valence-electron chi connectivity index (χ1n) is 7.41. The zero-order valence-electron chi connectivity index (χ0n) is 11.5. The lowest BCUT2D eigenvalue weighted by atomic mass is 10.00.